The fourth-order valence-electron chi connectivity index (χ4n) is 4.39. The van der Waals surface area contributed by atoms with Crippen LogP contribution in [0.25, 0.3) is 0 Å². The largest absolute Gasteiger partial charge is 0.373 e. The Morgan fingerprint density at radius 2 is 1.62 bits per heavy atom. The van der Waals surface area contributed by atoms with Crippen LogP contribution in [-0.4, -0.2) is 49.1 Å². The number of rotatable bonds is 7. The summed E-state index contributed by atoms with van der Waals surface area (Å²) in [6.07, 6.45) is 2.40. The lowest BCUT2D eigenvalue weighted by Gasteiger charge is -2.35. The van der Waals surface area contributed by atoms with Gasteiger partial charge in [-0.05, 0) is 49.9 Å². The van der Waals surface area contributed by atoms with Gasteiger partial charge in [-0.2, -0.15) is 0 Å². The van der Waals surface area contributed by atoms with Crippen LogP contribution >= 0.6 is 0 Å². The van der Waals surface area contributed by atoms with Gasteiger partial charge in [0.15, 0.2) is 0 Å². The first-order valence-electron chi connectivity index (χ1n) is 11.5. The predicted octanol–water partition coefficient (Wildman–Crippen LogP) is 3.60. The van der Waals surface area contributed by atoms with Crippen LogP contribution in [0.2, 0.25) is 0 Å². The molecule has 2 aliphatic rings. The number of nitrogens with zero attached hydrogens (tertiary/aromatic N) is 2. The molecule has 0 aromatic heterocycles. The van der Waals surface area contributed by atoms with Crippen LogP contribution in [0.15, 0.2) is 48.5 Å². The molecule has 4 rings (SSSR count). The molecule has 1 N–H and O–H groups in total. The number of carbonyl (C=O) groups excluding carboxylic acids is 2. The van der Waals surface area contributed by atoms with Crippen LogP contribution in [0.3, 0.4) is 0 Å². The number of benzene rings is 2. The Balaban J connectivity index is 1.34. The summed E-state index contributed by atoms with van der Waals surface area (Å²) in [7, 11) is 1.75. The van der Waals surface area contributed by atoms with Crippen molar-refractivity contribution in [1.82, 2.24) is 10.2 Å². The average molecular weight is 436 g/mol. The summed E-state index contributed by atoms with van der Waals surface area (Å²) in [6, 6.07) is 15.7. The van der Waals surface area contributed by atoms with Gasteiger partial charge in [0.1, 0.15) is 0 Å². The molecule has 2 amide bonds. The van der Waals surface area contributed by atoms with Gasteiger partial charge >= 0.3 is 0 Å². The zero-order valence-corrected chi connectivity index (χ0v) is 19.2. The molecule has 32 heavy (non-hydrogen) atoms. The highest BCUT2D eigenvalue weighted by atomic mass is 16.5. The lowest BCUT2D eigenvalue weighted by molar-refractivity contribution is -0.119. The Hall–Kier alpha value is -2.70. The molecule has 6 heteroatoms. The van der Waals surface area contributed by atoms with Crippen molar-refractivity contribution in [2.24, 2.45) is 5.92 Å². The maximum absolute atomic E-state index is 12.9. The van der Waals surface area contributed by atoms with Gasteiger partial charge in [0.25, 0.3) is 5.91 Å². The third-order valence-electron chi connectivity index (χ3n) is 6.14. The van der Waals surface area contributed by atoms with E-state index in [-0.39, 0.29) is 29.9 Å². The van der Waals surface area contributed by atoms with Gasteiger partial charge in [-0.1, -0.05) is 36.4 Å². The molecule has 1 saturated carbocycles. The molecule has 2 unspecified atom stereocenters. The highest BCUT2D eigenvalue weighted by Crippen LogP contribution is 2.33. The van der Waals surface area contributed by atoms with E-state index < -0.39 is 0 Å². The van der Waals surface area contributed by atoms with Gasteiger partial charge in [0, 0.05) is 39.1 Å². The number of hydrogen-bond donors (Lipinski definition) is 1. The van der Waals surface area contributed by atoms with Crippen molar-refractivity contribution >= 4 is 17.5 Å². The monoisotopic (exact) mass is 435 g/mol. The number of nitrogens with one attached hydrogen (secondary N) is 1. The summed E-state index contributed by atoms with van der Waals surface area (Å²) < 4.78 is 5.81. The van der Waals surface area contributed by atoms with E-state index in [0.29, 0.717) is 17.8 Å². The molecule has 0 spiro atoms. The second-order valence-electron chi connectivity index (χ2n) is 9.14. The van der Waals surface area contributed by atoms with Crippen LogP contribution in [-0.2, 0) is 22.6 Å². The van der Waals surface area contributed by atoms with Gasteiger partial charge in [-0.25, -0.2) is 0 Å². The number of amides is 2. The number of para-hydroxylation sites is 1. The lowest BCUT2D eigenvalue weighted by Crippen LogP contribution is -2.44. The molecule has 170 valence electrons. The first-order valence-corrected chi connectivity index (χ1v) is 11.5. The Bertz CT molecular complexity index is 945. The molecule has 2 fully saturated rings. The molecule has 2 aromatic rings. The second kappa shape index (κ2) is 9.84. The molecule has 6 nitrogen and oxygen atoms in total. The summed E-state index contributed by atoms with van der Waals surface area (Å²) in [5, 5.41) is 3.00. The molecule has 0 bridgehead atoms. The zero-order valence-electron chi connectivity index (χ0n) is 19.2. The minimum absolute atomic E-state index is 0.0879. The van der Waals surface area contributed by atoms with E-state index in [9.17, 15) is 9.59 Å². The zero-order chi connectivity index (χ0) is 22.7. The SMILES string of the molecule is CC1CN(Cc2ccc(CNC(=O)c3ccccc3N(C)C(=O)C3CC3)cc2)CC(C)O1. The fourth-order valence-corrected chi connectivity index (χ4v) is 4.39. The molecule has 2 aromatic carbocycles. The van der Waals surface area contributed by atoms with Crippen LogP contribution < -0.4 is 10.2 Å². The standard InChI is InChI=1S/C26H33N3O3/c1-18-15-29(16-19(2)32-18)17-21-10-8-20(9-11-21)14-27-25(30)23-6-4-5-7-24(23)28(3)26(31)22-12-13-22/h4-11,18-19,22H,12-17H2,1-3H3,(H,27,30). The topological polar surface area (TPSA) is 61.9 Å². The summed E-state index contributed by atoms with van der Waals surface area (Å²) in [5.74, 6) is 0.0276. The average Bonchev–Trinajstić information content (AvgIpc) is 3.62. The Kier molecular flexibility index (Phi) is 6.92. The van der Waals surface area contributed by atoms with Crippen molar-refractivity contribution < 1.29 is 14.3 Å². The van der Waals surface area contributed by atoms with Crippen molar-refractivity contribution in [3.8, 4) is 0 Å². The molecule has 1 saturated heterocycles. The number of ether oxygens (including phenoxy) is 1. The Labute approximate surface area is 190 Å². The van der Waals surface area contributed by atoms with Gasteiger partial charge < -0.3 is 15.0 Å². The maximum Gasteiger partial charge on any atom is 0.253 e. The molecular formula is C26H33N3O3. The highest BCUT2D eigenvalue weighted by Gasteiger charge is 2.33. The van der Waals surface area contributed by atoms with Crippen LogP contribution in [0.5, 0.6) is 0 Å². The first-order chi connectivity index (χ1) is 15.4. The van der Waals surface area contributed by atoms with Crippen molar-refractivity contribution in [2.45, 2.75) is 52.0 Å². The van der Waals surface area contributed by atoms with E-state index in [1.807, 2.05) is 18.2 Å². The smallest absolute Gasteiger partial charge is 0.253 e. The first kappa shape index (κ1) is 22.5. The van der Waals surface area contributed by atoms with E-state index in [1.54, 1.807) is 18.0 Å². The molecule has 1 aliphatic heterocycles. The van der Waals surface area contributed by atoms with E-state index in [2.05, 4.69) is 48.3 Å². The van der Waals surface area contributed by atoms with Crippen LogP contribution in [0.4, 0.5) is 5.69 Å². The summed E-state index contributed by atoms with van der Waals surface area (Å²) in [5.41, 5.74) is 3.49. The summed E-state index contributed by atoms with van der Waals surface area (Å²) in [6.45, 7) is 7.47. The number of anilines is 1. The minimum Gasteiger partial charge on any atom is -0.373 e. The molecule has 1 aliphatic carbocycles. The third-order valence-corrected chi connectivity index (χ3v) is 6.14. The number of carbonyl (C=O) groups is 2. The molecule has 1 heterocycles. The summed E-state index contributed by atoms with van der Waals surface area (Å²) in [4.78, 5) is 29.4. The highest BCUT2D eigenvalue weighted by molar-refractivity contribution is 6.05. The van der Waals surface area contributed by atoms with Crippen molar-refractivity contribution in [1.29, 1.82) is 0 Å². The minimum atomic E-state index is -0.170. The van der Waals surface area contributed by atoms with E-state index in [4.69, 9.17) is 4.74 Å². The fraction of sp³-hybridized carbons (Fsp3) is 0.462. The molecule has 0 radical (unpaired) electrons. The van der Waals surface area contributed by atoms with E-state index in [1.165, 1.54) is 5.56 Å². The Morgan fingerprint density at radius 3 is 2.28 bits per heavy atom. The number of morpholine rings is 1. The Morgan fingerprint density at radius 1 is 1.00 bits per heavy atom. The number of hydrogen-bond acceptors (Lipinski definition) is 4. The summed E-state index contributed by atoms with van der Waals surface area (Å²) >= 11 is 0. The van der Waals surface area contributed by atoms with Crippen LogP contribution in [0.1, 0.15) is 48.2 Å². The normalized spacial score (nSPS) is 21.2. The van der Waals surface area contributed by atoms with Crippen LogP contribution in [0, 0.1) is 5.92 Å². The van der Waals surface area contributed by atoms with Gasteiger partial charge in [0.2, 0.25) is 5.91 Å². The van der Waals surface area contributed by atoms with Crippen molar-refractivity contribution in [3.05, 3.63) is 65.2 Å². The molecule has 2 atom stereocenters. The van der Waals surface area contributed by atoms with E-state index >= 15 is 0 Å². The van der Waals surface area contributed by atoms with E-state index in [0.717, 1.165) is 38.0 Å². The third kappa shape index (κ3) is 5.56. The van der Waals surface area contributed by atoms with Crippen molar-refractivity contribution in [3.63, 3.8) is 0 Å². The van der Waals surface area contributed by atoms with Gasteiger partial charge in [-0.3, -0.25) is 14.5 Å². The quantitative estimate of drug-likeness (QED) is 0.722. The predicted molar refractivity (Wildman–Crippen MR) is 125 cm³/mol. The molecular weight excluding hydrogens is 402 g/mol. The van der Waals surface area contributed by atoms with Crippen molar-refractivity contribution in [2.75, 3.05) is 25.0 Å². The maximum atomic E-state index is 12.9. The second-order valence-corrected chi connectivity index (χ2v) is 9.14. The van der Waals surface area contributed by atoms with Gasteiger partial charge in [-0.15, -0.1) is 0 Å². The van der Waals surface area contributed by atoms with Gasteiger partial charge in [0.05, 0.1) is 23.5 Å². The lowest BCUT2D eigenvalue weighted by atomic mass is 10.1.